The molecular formula is C22H20ClF2N5O3. The standard InChI is InChI=1S/C22H20ClF2N5O3/c1-13-9-14(2)29(26-13)21-10-15(3-4-20(21)30(32)33)27-5-7-28(8-6-27)22(31)16-11-18(24)19(25)12-17(16)23/h3-4,9-12H,5-8H2,1-2H3. The third kappa shape index (κ3) is 4.38. The highest BCUT2D eigenvalue weighted by Gasteiger charge is 2.26. The molecule has 2 aromatic carbocycles. The summed E-state index contributed by atoms with van der Waals surface area (Å²) in [6, 6.07) is 8.25. The fourth-order valence-corrected chi connectivity index (χ4v) is 4.16. The lowest BCUT2D eigenvalue weighted by atomic mass is 10.1. The van der Waals surface area contributed by atoms with Crippen LogP contribution in [0.3, 0.4) is 0 Å². The number of aromatic nitrogens is 2. The van der Waals surface area contributed by atoms with E-state index in [0.29, 0.717) is 31.9 Å². The van der Waals surface area contributed by atoms with Gasteiger partial charge in [-0.1, -0.05) is 11.6 Å². The molecule has 3 aromatic rings. The molecule has 8 nitrogen and oxygen atoms in total. The van der Waals surface area contributed by atoms with Gasteiger partial charge in [0.05, 0.1) is 21.2 Å². The molecule has 1 saturated heterocycles. The van der Waals surface area contributed by atoms with Crippen LogP contribution in [0.25, 0.3) is 5.69 Å². The highest BCUT2D eigenvalue weighted by molar-refractivity contribution is 6.33. The number of halogens is 3. The Kier molecular flexibility index (Phi) is 6.03. The molecule has 33 heavy (non-hydrogen) atoms. The molecule has 1 fully saturated rings. The molecule has 4 rings (SSSR count). The van der Waals surface area contributed by atoms with E-state index in [2.05, 4.69) is 5.10 Å². The lowest BCUT2D eigenvalue weighted by Crippen LogP contribution is -2.48. The number of piperazine rings is 1. The molecule has 2 heterocycles. The average molecular weight is 476 g/mol. The molecule has 1 amide bonds. The first-order valence-corrected chi connectivity index (χ1v) is 10.5. The van der Waals surface area contributed by atoms with Crippen molar-refractivity contribution in [1.29, 1.82) is 0 Å². The maximum Gasteiger partial charge on any atom is 0.295 e. The molecule has 0 radical (unpaired) electrons. The van der Waals surface area contributed by atoms with Crippen LogP contribution in [0.4, 0.5) is 20.2 Å². The van der Waals surface area contributed by atoms with E-state index in [-0.39, 0.29) is 16.3 Å². The first-order chi connectivity index (χ1) is 15.7. The van der Waals surface area contributed by atoms with E-state index in [0.717, 1.165) is 29.2 Å². The summed E-state index contributed by atoms with van der Waals surface area (Å²) in [4.78, 5) is 27.4. The average Bonchev–Trinajstić information content (AvgIpc) is 3.13. The second kappa shape index (κ2) is 8.78. The summed E-state index contributed by atoms with van der Waals surface area (Å²) in [6.45, 7) is 5.17. The third-order valence-corrected chi connectivity index (χ3v) is 5.88. The van der Waals surface area contributed by atoms with Crippen molar-refractivity contribution >= 4 is 28.9 Å². The monoisotopic (exact) mass is 475 g/mol. The fraction of sp³-hybridized carbons (Fsp3) is 0.273. The summed E-state index contributed by atoms with van der Waals surface area (Å²) in [5, 5.41) is 15.8. The van der Waals surface area contributed by atoms with Crippen molar-refractivity contribution in [3.63, 3.8) is 0 Å². The van der Waals surface area contributed by atoms with Crippen LogP contribution >= 0.6 is 11.6 Å². The number of anilines is 1. The molecular weight excluding hydrogens is 456 g/mol. The molecule has 1 aliphatic heterocycles. The smallest absolute Gasteiger partial charge is 0.295 e. The van der Waals surface area contributed by atoms with Crippen LogP contribution in [0.2, 0.25) is 5.02 Å². The van der Waals surface area contributed by atoms with Crippen molar-refractivity contribution in [3.8, 4) is 5.69 Å². The third-order valence-electron chi connectivity index (χ3n) is 5.57. The number of hydrogen-bond acceptors (Lipinski definition) is 5. The predicted octanol–water partition coefficient (Wildman–Crippen LogP) is 4.29. The van der Waals surface area contributed by atoms with Gasteiger partial charge in [-0.3, -0.25) is 14.9 Å². The number of rotatable bonds is 4. The molecule has 0 aliphatic carbocycles. The summed E-state index contributed by atoms with van der Waals surface area (Å²) in [6.07, 6.45) is 0. The minimum Gasteiger partial charge on any atom is -0.368 e. The van der Waals surface area contributed by atoms with E-state index in [1.54, 1.807) is 16.8 Å². The summed E-state index contributed by atoms with van der Waals surface area (Å²) >= 11 is 5.94. The Morgan fingerprint density at radius 3 is 2.33 bits per heavy atom. The maximum absolute atomic E-state index is 13.6. The van der Waals surface area contributed by atoms with Crippen LogP contribution in [-0.2, 0) is 0 Å². The molecule has 0 saturated carbocycles. The van der Waals surface area contributed by atoms with Crippen LogP contribution in [-0.4, -0.2) is 51.7 Å². The Morgan fingerprint density at radius 1 is 1.06 bits per heavy atom. The number of aryl methyl sites for hydroxylation is 2. The van der Waals surface area contributed by atoms with Crippen LogP contribution < -0.4 is 4.90 Å². The number of hydrogen-bond donors (Lipinski definition) is 0. The van der Waals surface area contributed by atoms with Gasteiger partial charge in [-0.05, 0) is 44.2 Å². The van der Waals surface area contributed by atoms with Crippen LogP contribution in [0, 0.1) is 35.6 Å². The molecule has 0 atom stereocenters. The van der Waals surface area contributed by atoms with Crippen LogP contribution in [0.1, 0.15) is 21.7 Å². The molecule has 11 heteroatoms. The Hall–Kier alpha value is -3.53. The van der Waals surface area contributed by atoms with Gasteiger partial charge in [0, 0.05) is 43.6 Å². The number of benzene rings is 2. The Morgan fingerprint density at radius 2 is 1.73 bits per heavy atom. The van der Waals surface area contributed by atoms with E-state index < -0.39 is 22.5 Å². The zero-order valence-electron chi connectivity index (χ0n) is 17.9. The number of amides is 1. The molecule has 0 spiro atoms. The summed E-state index contributed by atoms with van der Waals surface area (Å²) < 4.78 is 28.5. The number of nitro groups is 1. The highest BCUT2D eigenvalue weighted by Crippen LogP contribution is 2.30. The maximum atomic E-state index is 13.6. The minimum absolute atomic E-state index is 0.0632. The van der Waals surface area contributed by atoms with Gasteiger partial charge in [-0.15, -0.1) is 0 Å². The number of carbonyl (C=O) groups is 1. The lowest BCUT2D eigenvalue weighted by Gasteiger charge is -2.36. The van der Waals surface area contributed by atoms with Crippen molar-refractivity contribution in [1.82, 2.24) is 14.7 Å². The molecule has 0 bridgehead atoms. The second-order valence-electron chi connectivity index (χ2n) is 7.79. The summed E-state index contributed by atoms with van der Waals surface area (Å²) in [7, 11) is 0. The normalized spacial score (nSPS) is 14.0. The SMILES string of the molecule is Cc1cc(C)n(-c2cc(N3CCN(C(=O)c4cc(F)c(F)cc4Cl)CC3)ccc2[N+](=O)[O-])n1. The van der Waals surface area contributed by atoms with Gasteiger partial charge in [0.25, 0.3) is 11.6 Å². The molecule has 0 N–H and O–H groups in total. The van der Waals surface area contributed by atoms with Gasteiger partial charge < -0.3 is 9.80 Å². The zero-order valence-corrected chi connectivity index (χ0v) is 18.6. The van der Waals surface area contributed by atoms with Crippen molar-refractivity contribution in [2.24, 2.45) is 0 Å². The van der Waals surface area contributed by atoms with E-state index in [1.807, 2.05) is 24.8 Å². The molecule has 172 valence electrons. The van der Waals surface area contributed by atoms with Crippen LogP contribution in [0.5, 0.6) is 0 Å². The highest BCUT2D eigenvalue weighted by atomic mass is 35.5. The van der Waals surface area contributed by atoms with Gasteiger partial charge in [-0.2, -0.15) is 5.10 Å². The largest absolute Gasteiger partial charge is 0.368 e. The first kappa shape index (κ1) is 22.7. The van der Waals surface area contributed by atoms with E-state index in [9.17, 15) is 23.7 Å². The second-order valence-corrected chi connectivity index (χ2v) is 8.20. The van der Waals surface area contributed by atoms with Gasteiger partial charge in [0.2, 0.25) is 0 Å². The Bertz CT molecular complexity index is 1260. The van der Waals surface area contributed by atoms with Gasteiger partial charge >= 0.3 is 0 Å². The number of carbonyl (C=O) groups excluding carboxylic acids is 1. The summed E-state index contributed by atoms with van der Waals surface area (Å²) in [5.41, 5.74) is 2.47. The Balaban J connectivity index is 1.55. The Labute approximate surface area is 193 Å². The minimum atomic E-state index is -1.14. The van der Waals surface area contributed by atoms with E-state index in [4.69, 9.17) is 11.6 Å². The molecule has 1 aromatic heterocycles. The zero-order chi connectivity index (χ0) is 23.9. The van der Waals surface area contributed by atoms with Crippen molar-refractivity contribution in [3.05, 3.63) is 80.1 Å². The number of nitrogens with zero attached hydrogens (tertiary/aromatic N) is 5. The van der Waals surface area contributed by atoms with Crippen molar-refractivity contribution in [2.45, 2.75) is 13.8 Å². The molecule has 0 unspecified atom stereocenters. The first-order valence-electron chi connectivity index (χ1n) is 10.2. The van der Waals surface area contributed by atoms with E-state index in [1.165, 1.54) is 11.0 Å². The fourth-order valence-electron chi connectivity index (χ4n) is 3.93. The van der Waals surface area contributed by atoms with Crippen molar-refractivity contribution in [2.75, 3.05) is 31.1 Å². The van der Waals surface area contributed by atoms with Gasteiger partial charge in [0.15, 0.2) is 11.6 Å². The van der Waals surface area contributed by atoms with Crippen molar-refractivity contribution < 1.29 is 18.5 Å². The lowest BCUT2D eigenvalue weighted by molar-refractivity contribution is -0.384. The van der Waals surface area contributed by atoms with Crippen LogP contribution in [0.15, 0.2) is 36.4 Å². The van der Waals surface area contributed by atoms with E-state index >= 15 is 0 Å². The predicted molar refractivity (Wildman–Crippen MR) is 119 cm³/mol. The van der Waals surface area contributed by atoms with Gasteiger partial charge in [0.1, 0.15) is 5.69 Å². The van der Waals surface area contributed by atoms with Gasteiger partial charge in [-0.25, -0.2) is 13.5 Å². The summed E-state index contributed by atoms with van der Waals surface area (Å²) in [5.74, 6) is -2.73. The quantitative estimate of drug-likeness (QED) is 0.319. The number of nitro benzene ring substituents is 1. The molecule has 1 aliphatic rings. The topological polar surface area (TPSA) is 84.5 Å².